The van der Waals surface area contributed by atoms with Crippen LogP contribution >= 0.6 is 11.6 Å². The summed E-state index contributed by atoms with van der Waals surface area (Å²) in [6.07, 6.45) is 1.93. The molecule has 37 heavy (non-hydrogen) atoms. The molecule has 0 saturated carbocycles. The lowest BCUT2D eigenvalue weighted by Gasteiger charge is -2.46. The molecule has 5 rings (SSSR count). The first-order valence-electron chi connectivity index (χ1n) is 11.9. The largest absolute Gasteiger partial charge is 0.481 e. The number of benzene rings is 2. The van der Waals surface area contributed by atoms with Crippen LogP contribution in [0.3, 0.4) is 0 Å². The smallest absolute Gasteiger partial charge is 0.270 e. The number of aryl methyl sites for hydroxylation is 1. The maximum Gasteiger partial charge on any atom is 0.270 e. The summed E-state index contributed by atoms with van der Waals surface area (Å²) in [4.78, 5) is 6.79. The predicted molar refractivity (Wildman–Crippen MR) is 137 cm³/mol. The Balaban J connectivity index is 1.60. The first-order valence-corrected chi connectivity index (χ1v) is 12.3. The Hall–Kier alpha value is -3.14. The van der Waals surface area contributed by atoms with Gasteiger partial charge >= 0.3 is 0 Å². The normalized spacial score (nSPS) is 16.5. The number of aromatic nitrogens is 4. The molecular formula is C27H28ClF2N5O2. The molecule has 2 aromatic heterocycles. The Bertz CT molecular complexity index is 1450. The van der Waals surface area contributed by atoms with Gasteiger partial charge in [-0.3, -0.25) is 0 Å². The molecule has 1 aliphatic rings. The van der Waals surface area contributed by atoms with Crippen molar-refractivity contribution in [3.8, 4) is 5.88 Å². The first kappa shape index (κ1) is 25.5. The molecule has 3 heterocycles. The zero-order valence-electron chi connectivity index (χ0n) is 21.0. The number of hydrogen-bond donors (Lipinski definition) is 1. The van der Waals surface area contributed by atoms with Crippen LogP contribution in [0.4, 0.5) is 8.78 Å². The molecule has 1 fully saturated rings. The topological polar surface area (TPSA) is 76.3 Å². The number of ether oxygens (including phenoxy) is 1. The molecule has 1 saturated heterocycles. The third-order valence-electron chi connectivity index (χ3n) is 7.21. The quantitative estimate of drug-likeness (QED) is 0.381. The van der Waals surface area contributed by atoms with Crippen molar-refractivity contribution in [1.29, 1.82) is 0 Å². The van der Waals surface area contributed by atoms with Crippen molar-refractivity contribution in [3.63, 3.8) is 0 Å². The van der Waals surface area contributed by atoms with Crippen molar-refractivity contribution in [3.05, 3.63) is 81.6 Å². The number of likely N-dealkylation sites (tertiary alicyclic amines) is 1. The van der Waals surface area contributed by atoms with Gasteiger partial charge in [0.15, 0.2) is 0 Å². The van der Waals surface area contributed by atoms with E-state index in [0.717, 1.165) is 12.5 Å². The fourth-order valence-electron chi connectivity index (χ4n) is 5.11. The van der Waals surface area contributed by atoms with Gasteiger partial charge in [0.25, 0.3) is 5.92 Å². The lowest BCUT2D eigenvalue weighted by atomic mass is 9.74. The number of alkyl halides is 2. The second kappa shape index (κ2) is 9.31. The summed E-state index contributed by atoms with van der Waals surface area (Å²) in [6, 6.07) is 11.7. The molecule has 1 aliphatic heterocycles. The van der Waals surface area contributed by atoms with E-state index in [1.54, 1.807) is 30.1 Å². The van der Waals surface area contributed by atoms with Gasteiger partial charge in [0.2, 0.25) is 5.88 Å². The second-order valence-corrected chi connectivity index (χ2v) is 10.2. The van der Waals surface area contributed by atoms with Crippen molar-refractivity contribution in [1.82, 2.24) is 24.9 Å². The minimum Gasteiger partial charge on any atom is -0.481 e. The SMILES string of the molecule is COc1nc2ccc(C(O)(c3cnnn3C)C3CN(C)C3)cc2c(Cl)c1Cc1ccc(C(C)(F)F)cc1. The van der Waals surface area contributed by atoms with E-state index in [2.05, 4.69) is 20.2 Å². The summed E-state index contributed by atoms with van der Waals surface area (Å²) in [7, 11) is 5.28. The number of aliphatic hydroxyl groups is 1. The average molecular weight is 528 g/mol. The minimum absolute atomic E-state index is 0.0545. The number of halogens is 3. The lowest BCUT2D eigenvalue weighted by molar-refractivity contribution is -0.0595. The third-order valence-corrected chi connectivity index (χ3v) is 7.64. The van der Waals surface area contributed by atoms with Crippen LogP contribution in [0.2, 0.25) is 5.02 Å². The van der Waals surface area contributed by atoms with Gasteiger partial charge in [0.1, 0.15) is 5.60 Å². The van der Waals surface area contributed by atoms with Crippen molar-refractivity contribution in [2.75, 3.05) is 27.2 Å². The average Bonchev–Trinajstić information content (AvgIpc) is 3.29. The van der Waals surface area contributed by atoms with Crippen LogP contribution in [0.5, 0.6) is 5.88 Å². The molecule has 1 atom stereocenters. The van der Waals surface area contributed by atoms with Crippen LogP contribution in [0.1, 0.15) is 34.9 Å². The second-order valence-electron chi connectivity index (χ2n) is 9.83. The maximum atomic E-state index is 13.7. The molecule has 1 N–H and O–H groups in total. The fraction of sp³-hybridized carbons (Fsp3) is 0.370. The molecule has 0 radical (unpaired) electrons. The number of rotatable bonds is 7. The first-order chi connectivity index (χ1) is 17.5. The van der Waals surface area contributed by atoms with Crippen LogP contribution in [-0.2, 0) is 25.0 Å². The van der Waals surface area contributed by atoms with E-state index in [1.165, 1.54) is 19.2 Å². The van der Waals surface area contributed by atoms with Gasteiger partial charge in [0, 0.05) is 55.9 Å². The fourth-order valence-corrected chi connectivity index (χ4v) is 5.41. The molecule has 0 bridgehead atoms. The molecule has 194 valence electrons. The molecule has 0 aliphatic carbocycles. The Kier molecular flexibility index (Phi) is 6.42. The Labute approximate surface area is 218 Å². The summed E-state index contributed by atoms with van der Waals surface area (Å²) >= 11 is 6.95. The van der Waals surface area contributed by atoms with Crippen molar-refractivity contribution in [2.45, 2.75) is 24.9 Å². The van der Waals surface area contributed by atoms with E-state index < -0.39 is 11.5 Å². The highest BCUT2D eigenvalue weighted by Crippen LogP contribution is 2.43. The monoisotopic (exact) mass is 527 g/mol. The van der Waals surface area contributed by atoms with Crippen LogP contribution in [0.25, 0.3) is 10.9 Å². The maximum absolute atomic E-state index is 13.7. The number of hydrogen-bond acceptors (Lipinski definition) is 6. The molecule has 7 nitrogen and oxygen atoms in total. The van der Waals surface area contributed by atoms with E-state index >= 15 is 0 Å². The highest BCUT2D eigenvalue weighted by Gasteiger charge is 2.47. The van der Waals surface area contributed by atoms with Crippen LogP contribution in [-0.4, -0.2) is 57.2 Å². The van der Waals surface area contributed by atoms with Crippen molar-refractivity contribution >= 4 is 22.5 Å². The molecule has 4 aromatic rings. The standard InChI is InChI=1S/C27H28ClF2N5O2/c1-26(29,30)17-7-5-16(6-8-17)11-21-24(28)20-12-18(9-10-22(20)32-25(21)37-4)27(36,19-14-34(2)15-19)23-13-31-33-35(23)3/h5-10,12-13,19,36H,11,14-15H2,1-4H3. The van der Waals surface area contributed by atoms with Crippen LogP contribution < -0.4 is 4.74 Å². The number of pyridine rings is 1. The lowest BCUT2D eigenvalue weighted by Crippen LogP contribution is -2.55. The van der Waals surface area contributed by atoms with Gasteiger partial charge in [-0.2, -0.15) is 0 Å². The Morgan fingerprint density at radius 2 is 1.78 bits per heavy atom. The zero-order chi connectivity index (χ0) is 26.5. The Morgan fingerprint density at radius 1 is 1.11 bits per heavy atom. The van der Waals surface area contributed by atoms with Gasteiger partial charge in [0.05, 0.1) is 29.5 Å². The van der Waals surface area contributed by atoms with Crippen LogP contribution in [0, 0.1) is 5.92 Å². The molecule has 2 aromatic carbocycles. The van der Waals surface area contributed by atoms with Crippen molar-refractivity contribution < 1.29 is 18.6 Å². The third kappa shape index (κ3) is 4.45. The number of nitrogens with zero attached hydrogens (tertiary/aromatic N) is 5. The highest BCUT2D eigenvalue weighted by atomic mass is 35.5. The molecular weight excluding hydrogens is 500 g/mol. The summed E-state index contributed by atoms with van der Waals surface area (Å²) < 4.78 is 34.4. The van der Waals surface area contributed by atoms with E-state index in [1.807, 2.05) is 25.2 Å². The van der Waals surface area contributed by atoms with E-state index in [-0.39, 0.29) is 11.5 Å². The van der Waals surface area contributed by atoms with E-state index in [4.69, 9.17) is 16.3 Å². The van der Waals surface area contributed by atoms with Gasteiger partial charge in [-0.15, -0.1) is 5.10 Å². The van der Waals surface area contributed by atoms with Crippen molar-refractivity contribution in [2.24, 2.45) is 13.0 Å². The van der Waals surface area contributed by atoms with E-state index in [9.17, 15) is 13.9 Å². The minimum atomic E-state index is -2.91. The molecule has 0 spiro atoms. The van der Waals surface area contributed by atoms with Gasteiger partial charge in [-0.05, 0) is 30.3 Å². The summed E-state index contributed by atoms with van der Waals surface area (Å²) in [5.74, 6) is -2.61. The Morgan fingerprint density at radius 3 is 2.35 bits per heavy atom. The molecule has 0 amide bonds. The molecule has 10 heteroatoms. The van der Waals surface area contributed by atoms with Gasteiger partial charge in [-0.1, -0.05) is 47.1 Å². The van der Waals surface area contributed by atoms with Gasteiger partial charge < -0.3 is 14.7 Å². The summed E-state index contributed by atoms with van der Waals surface area (Å²) in [5.41, 5.74) is 1.92. The van der Waals surface area contributed by atoms with E-state index in [0.29, 0.717) is 58.1 Å². The highest BCUT2D eigenvalue weighted by molar-refractivity contribution is 6.36. The van der Waals surface area contributed by atoms with Crippen LogP contribution in [0.15, 0.2) is 48.7 Å². The number of methoxy groups -OCH3 is 1. The summed E-state index contributed by atoms with van der Waals surface area (Å²) in [5, 5.41) is 21.3. The zero-order valence-corrected chi connectivity index (χ0v) is 21.8. The molecule has 1 unspecified atom stereocenters. The van der Waals surface area contributed by atoms with Gasteiger partial charge in [-0.25, -0.2) is 18.4 Å². The predicted octanol–water partition coefficient (Wildman–Crippen LogP) is 4.53. The summed E-state index contributed by atoms with van der Waals surface area (Å²) in [6.45, 7) is 2.30. The number of fused-ring (bicyclic) bond motifs is 1.